The highest BCUT2D eigenvalue weighted by molar-refractivity contribution is 8.06. The van der Waals surface area contributed by atoms with E-state index in [0.717, 1.165) is 23.7 Å². The van der Waals surface area contributed by atoms with Crippen molar-refractivity contribution in [3.8, 4) is 0 Å². The molecule has 20 heavy (non-hydrogen) atoms. The number of thioether (sulfide) groups is 1. The lowest BCUT2D eigenvalue weighted by Gasteiger charge is -2.10. The first-order chi connectivity index (χ1) is 9.63. The van der Waals surface area contributed by atoms with Gasteiger partial charge < -0.3 is 21.7 Å². The van der Waals surface area contributed by atoms with Crippen LogP contribution in [0.5, 0.6) is 0 Å². The summed E-state index contributed by atoms with van der Waals surface area (Å²) in [6.45, 7) is 4.86. The molecule has 0 aromatic carbocycles. The van der Waals surface area contributed by atoms with E-state index >= 15 is 0 Å². The summed E-state index contributed by atoms with van der Waals surface area (Å²) in [6.07, 6.45) is 0.993. The lowest BCUT2D eigenvalue weighted by molar-refractivity contribution is 0.929. The Morgan fingerprint density at radius 1 is 1.35 bits per heavy atom. The number of nitrogens with one attached hydrogen (secondary N) is 3. The lowest BCUT2D eigenvalue weighted by Crippen LogP contribution is -2.15. The number of nitrogens with two attached hydrogens (primary N) is 1. The Hall–Kier alpha value is -1.96. The van der Waals surface area contributed by atoms with Gasteiger partial charge in [-0.2, -0.15) is 15.0 Å². The molecule has 0 amide bonds. The van der Waals surface area contributed by atoms with Crippen LogP contribution in [0.2, 0.25) is 0 Å². The van der Waals surface area contributed by atoms with Gasteiger partial charge in [-0.15, -0.1) is 0 Å². The second-order valence-electron chi connectivity index (χ2n) is 4.27. The van der Waals surface area contributed by atoms with Crippen molar-refractivity contribution in [2.75, 3.05) is 24.2 Å². The molecule has 8 heteroatoms. The van der Waals surface area contributed by atoms with Gasteiger partial charge in [0.15, 0.2) is 5.82 Å². The van der Waals surface area contributed by atoms with Crippen LogP contribution in [0.15, 0.2) is 16.1 Å². The van der Waals surface area contributed by atoms with E-state index in [1.807, 2.05) is 12.3 Å². The molecule has 2 heterocycles. The van der Waals surface area contributed by atoms with Crippen LogP contribution in [0.25, 0.3) is 5.70 Å². The Morgan fingerprint density at radius 3 is 2.70 bits per heavy atom. The van der Waals surface area contributed by atoms with Crippen LogP contribution in [0.3, 0.4) is 0 Å². The summed E-state index contributed by atoms with van der Waals surface area (Å²) in [5.74, 6) is 1.48. The van der Waals surface area contributed by atoms with Crippen LogP contribution >= 0.6 is 11.8 Å². The first-order valence-corrected chi connectivity index (χ1v) is 7.30. The van der Waals surface area contributed by atoms with Gasteiger partial charge in [-0.05, 0) is 18.8 Å². The van der Waals surface area contributed by atoms with Gasteiger partial charge in [-0.3, -0.25) is 0 Å². The van der Waals surface area contributed by atoms with E-state index in [4.69, 9.17) is 5.73 Å². The predicted octanol–water partition coefficient (Wildman–Crippen LogP) is 1.52. The van der Waals surface area contributed by atoms with Crippen LogP contribution in [0.4, 0.5) is 11.9 Å². The molecule has 1 aliphatic rings. The monoisotopic (exact) mass is 293 g/mol. The maximum Gasteiger partial charge on any atom is 0.228 e. The minimum atomic E-state index is 0.459. The summed E-state index contributed by atoms with van der Waals surface area (Å²) in [7, 11) is 1.76. The molecular weight excluding hydrogens is 274 g/mol. The molecule has 0 atom stereocenters. The fourth-order valence-electron chi connectivity index (χ4n) is 1.54. The maximum absolute atomic E-state index is 6.14. The molecule has 0 spiro atoms. The van der Waals surface area contributed by atoms with E-state index in [-0.39, 0.29) is 0 Å². The van der Waals surface area contributed by atoms with E-state index in [1.54, 1.807) is 7.05 Å². The summed E-state index contributed by atoms with van der Waals surface area (Å²) in [5.41, 5.74) is 7.71. The number of aromatic nitrogens is 3. The molecule has 5 N–H and O–H groups in total. The molecule has 0 aliphatic carbocycles. The van der Waals surface area contributed by atoms with Crippen molar-refractivity contribution in [3.05, 3.63) is 22.0 Å². The van der Waals surface area contributed by atoms with Crippen molar-refractivity contribution in [1.82, 2.24) is 20.3 Å². The van der Waals surface area contributed by atoms with Crippen LogP contribution in [0, 0.1) is 0 Å². The highest BCUT2D eigenvalue weighted by Gasteiger charge is 2.15. The van der Waals surface area contributed by atoms with Crippen molar-refractivity contribution in [2.24, 2.45) is 5.73 Å². The quantitative estimate of drug-likeness (QED) is 0.648. The normalized spacial score (nSPS) is 16.4. The van der Waals surface area contributed by atoms with Gasteiger partial charge in [0.25, 0.3) is 0 Å². The van der Waals surface area contributed by atoms with Gasteiger partial charge in [0.2, 0.25) is 11.9 Å². The Morgan fingerprint density at radius 2 is 2.10 bits per heavy atom. The number of hydrogen-bond donors (Lipinski definition) is 4. The van der Waals surface area contributed by atoms with Crippen molar-refractivity contribution in [3.63, 3.8) is 0 Å². The molecule has 0 unspecified atom stereocenters. The second-order valence-corrected chi connectivity index (χ2v) is 5.15. The van der Waals surface area contributed by atoms with Crippen molar-refractivity contribution in [2.45, 2.75) is 20.3 Å². The molecule has 0 saturated carbocycles. The molecular formula is C12H19N7S. The maximum atomic E-state index is 6.14. The SMILES string of the molecule is CCCNc1nc(NC)nc(/C(N)=C2/NC(C)=CS2)n1. The molecule has 108 valence electrons. The third-order valence-electron chi connectivity index (χ3n) is 2.54. The molecule has 1 aliphatic heterocycles. The van der Waals surface area contributed by atoms with Crippen molar-refractivity contribution in [1.29, 1.82) is 0 Å². The highest BCUT2D eigenvalue weighted by Crippen LogP contribution is 2.28. The molecule has 0 bridgehead atoms. The van der Waals surface area contributed by atoms with Crippen LogP contribution in [-0.2, 0) is 0 Å². The number of nitrogens with zero attached hydrogens (tertiary/aromatic N) is 3. The lowest BCUT2D eigenvalue weighted by atomic mass is 10.4. The average molecular weight is 293 g/mol. The zero-order chi connectivity index (χ0) is 14.5. The van der Waals surface area contributed by atoms with Gasteiger partial charge >= 0.3 is 0 Å². The average Bonchev–Trinajstić information content (AvgIpc) is 2.90. The zero-order valence-corrected chi connectivity index (χ0v) is 12.6. The number of anilines is 2. The third-order valence-corrected chi connectivity index (χ3v) is 3.57. The van der Waals surface area contributed by atoms with Crippen molar-refractivity contribution < 1.29 is 0 Å². The number of allylic oxidation sites excluding steroid dienone is 1. The number of rotatable bonds is 5. The van der Waals surface area contributed by atoms with Crippen LogP contribution < -0.4 is 21.7 Å². The Labute approximate surface area is 122 Å². The van der Waals surface area contributed by atoms with E-state index in [0.29, 0.717) is 23.4 Å². The fourth-order valence-corrected chi connectivity index (χ4v) is 2.33. The first-order valence-electron chi connectivity index (χ1n) is 6.42. The summed E-state index contributed by atoms with van der Waals surface area (Å²) in [6, 6.07) is 0. The summed E-state index contributed by atoms with van der Waals surface area (Å²) in [5, 5.41) is 12.1. The molecule has 0 fully saturated rings. The molecule has 1 aromatic rings. The van der Waals surface area contributed by atoms with Crippen LogP contribution in [0.1, 0.15) is 26.1 Å². The summed E-state index contributed by atoms with van der Waals surface area (Å²) < 4.78 is 0. The predicted molar refractivity (Wildman–Crippen MR) is 83.7 cm³/mol. The van der Waals surface area contributed by atoms with Crippen molar-refractivity contribution >= 4 is 29.4 Å². The van der Waals surface area contributed by atoms with Gasteiger partial charge in [0.05, 0.1) is 0 Å². The Kier molecular flexibility index (Phi) is 4.67. The van der Waals surface area contributed by atoms with E-state index in [1.165, 1.54) is 11.8 Å². The van der Waals surface area contributed by atoms with Gasteiger partial charge in [0, 0.05) is 19.3 Å². The minimum Gasteiger partial charge on any atom is -0.394 e. The van der Waals surface area contributed by atoms with E-state index < -0.39 is 0 Å². The number of hydrogen-bond acceptors (Lipinski definition) is 8. The topological polar surface area (TPSA) is 101 Å². The second kappa shape index (κ2) is 6.47. The van der Waals surface area contributed by atoms with Gasteiger partial charge in [-0.1, -0.05) is 18.7 Å². The molecule has 7 nitrogen and oxygen atoms in total. The molecule has 2 rings (SSSR count). The summed E-state index contributed by atoms with van der Waals surface area (Å²) in [4.78, 5) is 12.9. The zero-order valence-electron chi connectivity index (χ0n) is 11.8. The first kappa shape index (κ1) is 14.4. The largest absolute Gasteiger partial charge is 0.394 e. The van der Waals surface area contributed by atoms with E-state index in [2.05, 4.69) is 37.8 Å². The summed E-state index contributed by atoms with van der Waals surface area (Å²) >= 11 is 1.53. The Balaban J connectivity index is 2.30. The van der Waals surface area contributed by atoms with Gasteiger partial charge in [0.1, 0.15) is 10.7 Å². The highest BCUT2D eigenvalue weighted by atomic mass is 32.2. The van der Waals surface area contributed by atoms with E-state index in [9.17, 15) is 0 Å². The minimum absolute atomic E-state index is 0.459. The molecule has 1 aromatic heterocycles. The Bertz CT molecular complexity index is 553. The fraction of sp³-hybridized carbons (Fsp3) is 0.417. The molecule has 0 radical (unpaired) electrons. The smallest absolute Gasteiger partial charge is 0.228 e. The van der Waals surface area contributed by atoms with Crippen LogP contribution in [-0.4, -0.2) is 28.5 Å². The third kappa shape index (κ3) is 3.32. The van der Waals surface area contributed by atoms with Gasteiger partial charge in [-0.25, -0.2) is 0 Å². The molecule has 0 saturated heterocycles. The standard InChI is InChI=1S/C12H19N7S/c1-4-5-15-12-18-9(17-11(14-3)19-12)8(13)10-16-7(2)6-20-10/h6,16H,4-5,13H2,1-3H3,(H2,14,15,17,18,19)/b10-8+.